The second-order valence-corrected chi connectivity index (χ2v) is 7.22. The van der Waals surface area contributed by atoms with Gasteiger partial charge in [-0.15, -0.1) is 11.8 Å². The van der Waals surface area contributed by atoms with Crippen LogP contribution < -0.4 is 0 Å². The molecule has 114 valence electrons. The van der Waals surface area contributed by atoms with Gasteiger partial charge in [-0.1, -0.05) is 41.4 Å². The van der Waals surface area contributed by atoms with E-state index in [2.05, 4.69) is 32.0 Å². The number of halogens is 1. The van der Waals surface area contributed by atoms with Gasteiger partial charge in [0.1, 0.15) is 5.37 Å². The van der Waals surface area contributed by atoms with Gasteiger partial charge in [-0.25, -0.2) is 0 Å². The van der Waals surface area contributed by atoms with Crippen molar-refractivity contribution in [1.29, 1.82) is 0 Å². The Morgan fingerprint density at radius 2 is 2.05 bits per heavy atom. The molecule has 3 rings (SSSR count). The molecule has 0 aromatic heterocycles. The second-order valence-electron chi connectivity index (χ2n) is 5.59. The lowest BCUT2D eigenvalue weighted by Gasteiger charge is -2.25. The van der Waals surface area contributed by atoms with Gasteiger partial charge in [0, 0.05) is 22.9 Å². The predicted octanol–water partition coefficient (Wildman–Crippen LogP) is 4.84. The third-order valence-corrected chi connectivity index (χ3v) is 5.39. The maximum absolute atomic E-state index is 12.8. The van der Waals surface area contributed by atoms with Crippen LogP contribution in [0.15, 0.2) is 42.5 Å². The monoisotopic (exact) mass is 331 g/mol. The van der Waals surface area contributed by atoms with E-state index in [0.717, 1.165) is 12.3 Å². The van der Waals surface area contributed by atoms with Gasteiger partial charge in [0.05, 0.1) is 0 Å². The molecule has 1 saturated heterocycles. The van der Waals surface area contributed by atoms with E-state index in [1.165, 1.54) is 16.7 Å². The summed E-state index contributed by atoms with van der Waals surface area (Å²) >= 11 is 7.84. The zero-order valence-corrected chi connectivity index (χ0v) is 14.2. The molecule has 1 amide bonds. The summed E-state index contributed by atoms with van der Waals surface area (Å²) < 4.78 is 0. The van der Waals surface area contributed by atoms with Gasteiger partial charge in [-0.05, 0) is 43.2 Å². The van der Waals surface area contributed by atoms with Gasteiger partial charge in [0.2, 0.25) is 0 Å². The van der Waals surface area contributed by atoms with Crippen molar-refractivity contribution in [1.82, 2.24) is 4.90 Å². The first kappa shape index (κ1) is 15.4. The average molecular weight is 332 g/mol. The third kappa shape index (κ3) is 3.01. The number of rotatable bonds is 2. The number of thioether (sulfide) groups is 1. The van der Waals surface area contributed by atoms with Crippen LogP contribution in [-0.2, 0) is 0 Å². The Labute approximate surface area is 140 Å². The molecule has 0 radical (unpaired) electrons. The van der Waals surface area contributed by atoms with Crippen LogP contribution >= 0.6 is 23.4 Å². The Hall–Kier alpha value is -1.45. The fourth-order valence-electron chi connectivity index (χ4n) is 2.83. The maximum Gasteiger partial charge on any atom is 0.255 e. The Balaban J connectivity index is 1.91. The zero-order valence-electron chi connectivity index (χ0n) is 12.7. The molecular weight excluding hydrogens is 314 g/mol. The molecule has 1 fully saturated rings. The maximum atomic E-state index is 12.8. The Bertz CT molecular complexity index is 716. The van der Waals surface area contributed by atoms with E-state index in [0.29, 0.717) is 10.6 Å². The molecule has 1 aliphatic heterocycles. The van der Waals surface area contributed by atoms with E-state index in [-0.39, 0.29) is 11.3 Å². The minimum Gasteiger partial charge on any atom is -0.322 e. The number of hydrogen-bond acceptors (Lipinski definition) is 2. The molecule has 4 heteroatoms. The largest absolute Gasteiger partial charge is 0.322 e. The van der Waals surface area contributed by atoms with Crippen LogP contribution in [0, 0.1) is 13.8 Å². The van der Waals surface area contributed by atoms with Gasteiger partial charge in [0.25, 0.3) is 5.91 Å². The van der Waals surface area contributed by atoms with Crippen LogP contribution in [0.4, 0.5) is 0 Å². The van der Waals surface area contributed by atoms with E-state index in [4.69, 9.17) is 11.6 Å². The second kappa shape index (κ2) is 6.35. The van der Waals surface area contributed by atoms with Gasteiger partial charge in [-0.2, -0.15) is 0 Å². The molecule has 2 aromatic carbocycles. The van der Waals surface area contributed by atoms with E-state index in [1.54, 1.807) is 12.1 Å². The first-order valence-electron chi connectivity index (χ1n) is 7.31. The lowest BCUT2D eigenvalue weighted by molar-refractivity contribution is 0.0760. The third-order valence-electron chi connectivity index (χ3n) is 3.91. The molecule has 1 atom stereocenters. The van der Waals surface area contributed by atoms with Crippen molar-refractivity contribution in [2.24, 2.45) is 0 Å². The van der Waals surface area contributed by atoms with Crippen molar-refractivity contribution in [2.75, 3.05) is 12.3 Å². The van der Waals surface area contributed by atoms with Crippen LogP contribution in [0.1, 0.15) is 32.4 Å². The molecule has 2 nitrogen and oxygen atoms in total. The fourth-order valence-corrected chi connectivity index (χ4v) is 4.37. The number of aryl methyl sites for hydroxylation is 2. The van der Waals surface area contributed by atoms with E-state index >= 15 is 0 Å². The van der Waals surface area contributed by atoms with Crippen molar-refractivity contribution in [2.45, 2.75) is 19.2 Å². The summed E-state index contributed by atoms with van der Waals surface area (Å²) in [5.41, 5.74) is 4.37. The van der Waals surface area contributed by atoms with Crippen LogP contribution in [0.25, 0.3) is 0 Å². The standard InChI is InChI=1S/C18H18ClNOS/c1-12-6-7-16(13(2)10-12)18-20(8-9-22-18)17(21)14-4-3-5-15(19)11-14/h3-7,10-11,18H,8-9H2,1-2H3. The fraction of sp³-hybridized carbons (Fsp3) is 0.278. The molecule has 1 unspecified atom stereocenters. The van der Waals surface area contributed by atoms with Gasteiger partial charge >= 0.3 is 0 Å². The highest BCUT2D eigenvalue weighted by Crippen LogP contribution is 2.40. The molecule has 1 heterocycles. The van der Waals surface area contributed by atoms with Crippen LogP contribution in [0.5, 0.6) is 0 Å². The number of hydrogen-bond donors (Lipinski definition) is 0. The zero-order chi connectivity index (χ0) is 15.7. The first-order chi connectivity index (χ1) is 10.6. The molecule has 1 aliphatic rings. The first-order valence-corrected chi connectivity index (χ1v) is 8.74. The average Bonchev–Trinajstić information content (AvgIpc) is 2.95. The van der Waals surface area contributed by atoms with E-state index in [1.807, 2.05) is 28.8 Å². The van der Waals surface area contributed by atoms with E-state index in [9.17, 15) is 4.79 Å². The summed E-state index contributed by atoms with van der Waals surface area (Å²) in [7, 11) is 0. The van der Waals surface area contributed by atoms with Crippen molar-refractivity contribution in [3.05, 3.63) is 69.7 Å². The summed E-state index contributed by atoms with van der Waals surface area (Å²) in [5, 5.41) is 0.688. The molecule has 2 aromatic rings. The molecule has 0 spiro atoms. The van der Waals surface area contributed by atoms with Crippen molar-refractivity contribution < 1.29 is 4.79 Å². The van der Waals surface area contributed by atoms with Crippen molar-refractivity contribution >= 4 is 29.3 Å². The minimum atomic E-state index is 0.0532. The topological polar surface area (TPSA) is 20.3 Å². The normalized spacial score (nSPS) is 17.8. The van der Waals surface area contributed by atoms with Crippen LogP contribution in [0.2, 0.25) is 5.02 Å². The summed E-state index contributed by atoms with van der Waals surface area (Å²) in [6, 6.07) is 13.6. The Kier molecular flexibility index (Phi) is 4.46. The number of nitrogens with zero attached hydrogens (tertiary/aromatic N) is 1. The van der Waals surface area contributed by atoms with Gasteiger partial charge in [0.15, 0.2) is 0 Å². The summed E-state index contributed by atoms with van der Waals surface area (Å²) in [6.45, 7) is 4.98. The minimum absolute atomic E-state index is 0.0532. The van der Waals surface area contributed by atoms with Gasteiger partial charge < -0.3 is 4.90 Å². The molecular formula is C18H18ClNOS. The Morgan fingerprint density at radius 3 is 2.77 bits per heavy atom. The SMILES string of the molecule is Cc1ccc(C2SCCN2C(=O)c2cccc(Cl)c2)c(C)c1. The smallest absolute Gasteiger partial charge is 0.255 e. The van der Waals surface area contributed by atoms with Crippen LogP contribution in [-0.4, -0.2) is 23.1 Å². The Morgan fingerprint density at radius 1 is 1.23 bits per heavy atom. The number of benzene rings is 2. The number of amides is 1. The summed E-state index contributed by atoms with van der Waals surface area (Å²) in [6.07, 6.45) is 0. The predicted molar refractivity (Wildman–Crippen MR) is 93.6 cm³/mol. The van der Waals surface area contributed by atoms with Crippen molar-refractivity contribution in [3.63, 3.8) is 0 Å². The summed E-state index contributed by atoms with van der Waals surface area (Å²) in [4.78, 5) is 14.8. The lowest BCUT2D eigenvalue weighted by atomic mass is 10.0. The highest BCUT2D eigenvalue weighted by molar-refractivity contribution is 7.99. The highest BCUT2D eigenvalue weighted by Gasteiger charge is 2.32. The molecule has 22 heavy (non-hydrogen) atoms. The molecule has 0 saturated carbocycles. The van der Waals surface area contributed by atoms with Gasteiger partial charge in [-0.3, -0.25) is 4.79 Å². The lowest BCUT2D eigenvalue weighted by Crippen LogP contribution is -2.30. The highest BCUT2D eigenvalue weighted by atomic mass is 35.5. The number of carbonyl (C=O) groups excluding carboxylic acids is 1. The number of carbonyl (C=O) groups is 1. The van der Waals surface area contributed by atoms with E-state index < -0.39 is 0 Å². The summed E-state index contributed by atoms with van der Waals surface area (Å²) in [5.74, 6) is 1.02. The molecule has 0 bridgehead atoms. The van der Waals surface area contributed by atoms with Crippen LogP contribution in [0.3, 0.4) is 0 Å². The van der Waals surface area contributed by atoms with Crippen molar-refractivity contribution in [3.8, 4) is 0 Å². The molecule has 0 N–H and O–H groups in total. The quantitative estimate of drug-likeness (QED) is 0.784. The molecule has 0 aliphatic carbocycles.